The lowest BCUT2D eigenvalue weighted by Gasteiger charge is -2.28. The topological polar surface area (TPSA) is 49.4 Å². The van der Waals surface area contributed by atoms with Gasteiger partial charge in [-0.05, 0) is 47.7 Å². The van der Waals surface area contributed by atoms with E-state index in [0.717, 1.165) is 18.5 Å². The molecule has 1 N–H and O–H groups in total. The number of aryl methyl sites for hydroxylation is 1. The molecule has 2 amide bonds. The molecule has 0 aromatic heterocycles. The second-order valence-electron chi connectivity index (χ2n) is 6.31. The molecule has 5 heteroatoms. The maximum Gasteiger partial charge on any atom is 0.224 e. The van der Waals surface area contributed by atoms with Gasteiger partial charge < -0.3 is 10.2 Å². The first-order valence-electron chi connectivity index (χ1n) is 8.43. The molecule has 0 saturated heterocycles. The highest BCUT2D eigenvalue weighted by molar-refractivity contribution is 5.91. The van der Waals surface area contributed by atoms with Crippen LogP contribution in [0.5, 0.6) is 0 Å². The highest BCUT2D eigenvalue weighted by Gasteiger charge is 2.18. The summed E-state index contributed by atoms with van der Waals surface area (Å²) in [5, 5.41) is 2.86. The molecule has 0 atom stereocenters. The van der Waals surface area contributed by atoms with Crippen molar-refractivity contribution in [1.29, 1.82) is 0 Å². The third kappa shape index (κ3) is 4.24. The maximum atomic E-state index is 13.6. The molecule has 4 nitrogen and oxygen atoms in total. The minimum atomic E-state index is -0.284. The number of nitrogens with zero attached hydrogens (tertiary/aromatic N) is 1. The van der Waals surface area contributed by atoms with E-state index in [-0.39, 0.29) is 24.1 Å². The minimum absolute atomic E-state index is 0.0602. The molecule has 1 heterocycles. The standard InChI is InChI=1S/C20H21FN2O2/c1-14(24)23-11-10-15-6-8-18(12-17(15)13-23)22-20(25)9-7-16-4-2-3-5-19(16)21/h2-6,8,12H,7,9-11,13H2,1H3,(H,22,25). The lowest BCUT2D eigenvalue weighted by Crippen LogP contribution is -2.34. The van der Waals surface area contributed by atoms with Crippen LogP contribution in [0.4, 0.5) is 10.1 Å². The van der Waals surface area contributed by atoms with Crippen LogP contribution in [-0.2, 0) is 29.0 Å². The van der Waals surface area contributed by atoms with Crippen molar-refractivity contribution < 1.29 is 14.0 Å². The van der Waals surface area contributed by atoms with Crippen molar-refractivity contribution in [1.82, 2.24) is 4.90 Å². The molecule has 2 aromatic carbocycles. The normalized spacial score (nSPS) is 13.3. The molecule has 1 aliphatic heterocycles. The largest absolute Gasteiger partial charge is 0.338 e. The number of anilines is 1. The van der Waals surface area contributed by atoms with Crippen molar-refractivity contribution >= 4 is 17.5 Å². The van der Waals surface area contributed by atoms with Gasteiger partial charge in [0.1, 0.15) is 5.82 Å². The molecule has 0 bridgehead atoms. The molecule has 0 fully saturated rings. The van der Waals surface area contributed by atoms with E-state index in [1.54, 1.807) is 30.0 Å². The molecule has 0 spiro atoms. The number of hydrogen-bond donors (Lipinski definition) is 1. The Labute approximate surface area is 146 Å². The van der Waals surface area contributed by atoms with E-state index in [2.05, 4.69) is 5.32 Å². The fraction of sp³-hybridized carbons (Fsp3) is 0.300. The van der Waals surface area contributed by atoms with Crippen LogP contribution < -0.4 is 5.32 Å². The van der Waals surface area contributed by atoms with Gasteiger partial charge in [-0.2, -0.15) is 0 Å². The maximum absolute atomic E-state index is 13.6. The SMILES string of the molecule is CC(=O)N1CCc2ccc(NC(=O)CCc3ccccc3F)cc2C1. The second kappa shape index (κ2) is 7.47. The molecule has 3 rings (SSSR count). The Balaban J connectivity index is 1.61. The summed E-state index contributed by atoms with van der Waals surface area (Å²) >= 11 is 0. The summed E-state index contributed by atoms with van der Waals surface area (Å²) in [5.74, 6) is -0.374. The van der Waals surface area contributed by atoms with Gasteiger partial charge in [0.05, 0.1) is 0 Å². The quantitative estimate of drug-likeness (QED) is 0.928. The van der Waals surface area contributed by atoms with Crippen LogP contribution in [0.3, 0.4) is 0 Å². The highest BCUT2D eigenvalue weighted by atomic mass is 19.1. The third-order valence-electron chi connectivity index (χ3n) is 4.53. The van der Waals surface area contributed by atoms with E-state index in [1.165, 1.54) is 11.6 Å². The van der Waals surface area contributed by atoms with E-state index in [0.29, 0.717) is 24.2 Å². The van der Waals surface area contributed by atoms with E-state index in [1.807, 2.05) is 18.2 Å². The smallest absolute Gasteiger partial charge is 0.224 e. The van der Waals surface area contributed by atoms with Crippen LogP contribution in [0.25, 0.3) is 0 Å². The number of carbonyl (C=O) groups excluding carboxylic acids is 2. The van der Waals surface area contributed by atoms with E-state index >= 15 is 0 Å². The molecule has 0 aliphatic carbocycles. The molecule has 25 heavy (non-hydrogen) atoms. The lowest BCUT2D eigenvalue weighted by atomic mass is 9.99. The minimum Gasteiger partial charge on any atom is -0.338 e. The first kappa shape index (κ1) is 17.1. The summed E-state index contributed by atoms with van der Waals surface area (Å²) in [4.78, 5) is 25.5. The van der Waals surface area contributed by atoms with Gasteiger partial charge in [-0.1, -0.05) is 24.3 Å². The summed E-state index contributed by atoms with van der Waals surface area (Å²) < 4.78 is 13.6. The molecule has 130 valence electrons. The van der Waals surface area contributed by atoms with Crippen molar-refractivity contribution in [2.75, 3.05) is 11.9 Å². The molecule has 2 aromatic rings. The van der Waals surface area contributed by atoms with Crippen LogP contribution in [0.2, 0.25) is 0 Å². The van der Waals surface area contributed by atoms with Gasteiger partial charge in [-0.25, -0.2) is 4.39 Å². The lowest BCUT2D eigenvalue weighted by molar-refractivity contribution is -0.129. The van der Waals surface area contributed by atoms with Crippen molar-refractivity contribution in [2.24, 2.45) is 0 Å². The molecular formula is C20H21FN2O2. The summed E-state index contributed by atoms with van der Waals surface area (Å²) in [5.41, 5.74) is 3.53. The number of carbonyl (C=O) groups is 2. The number of hydrogen-bond acceptors (Lipinski definition) is 2. The Kier molecular flexibility index (Phi) is 5.12. The van der Waals surface area contributed by atoms with Crippen molar-refractivity contribution in [3.63, 3.8) is 0 Å². The summed E-state index contributed by atoms with van der Waals surface area (Å²) in [7, 11) is 0. The Morgan fingerprint density at radius 2 is 1.96 bits per heavy atom. The van der Waals surface area contributed by atoms with Crippen LogP contribution in [0.1, 0.15) is 30.0 Å². The van der Waals surface area contributed by atoms with Crippen LogP contribution >= 0.6 is 0 Å². The predicted octanol–water partition coefficient (Wildman–Crippen LogP) is 3.30. The Morgan fingerprint density at radius 1 is 1.16 bits per heavy atom. The van der Waals surface area contributed by atoms with Gasteiger partial charge in [-0.15, -0.1) is 0 Å². The van der Waals surface area contributed by atoms with Gasteiger partial charge in [0, 0.05) is 32.1 Å². The number of rotatable bonds is 4. The zero-order valence-corrected chi connectivity index (χ0v) is 14.2. The fourth-order valence-corrected chi connectivity index (χ4v) is 3.08. The molecule has 0 unspecified atom stereocenters. The number of fused-ring (bicyclic) bond motifs is 1. The van der Waals surface area contributed by atoms with Crippen LogP contribution in [-0.4, -0.2) is 23.3 Å². The van der Waals surface area contributed by atoms with Gasteiger partial charge in [0.2, 0.25) is 11.8 Å². The van der Waals surface area contributed by atoms with E-state index < -0.39 is 0 Å². The van der Waals surface area contributed by atoms with Crippen molar-refractivity contribution in [3.8, 4) is 0 Å². The summed E-state index contributed by atoms with van der Waals surface area (Å²) in [6.07, 6.45) is 1.41. The molecular weight excluding hydrogens is 319 g/mol. The summed E-state index contributed by atoms with van der Waals surface area (Å²) in [6.45, 7) is 2.87. The Bertz CT molecular complexity index is 804. The highest BCUT2D eigenvalue weighted by Crippen LogP contribution is 2.23. The zero-order valence-electron chi connectivity index (χ0n) is 14.2. The van der Waals surface area contributed by atoms with Gasteiger partial charge >= 0.3 is 0 Å². The second-order valence-corrected chi connectivity index (χ2v) is 6.31. The fourth-order valence-electron chi connectivity index (χ4n) is 3.08. The number of nitrogens with one attached hydrogen (secondary N) is 1. The number of benzene rings is 2. The monoisotopic (exact) mass is 340 g/mol. The zero-order chi connectivity index (χ0) is 17.8. The van der Waals surface area contributed by atoms with Gasteiger partial charge in [0.15, 0.2) is 0 Å². The van der Waals surface area contributed by atoms with E-state index in [9.17, 15) is 14.0 Å². The van der Waals surface area contributed by atoms with Crippen LogP contribution in [0.15, 0.2) is 42.5 Å². The number of halogens is 1. The molecule has 1 aliphatic rings. The van der Waals surface area contributed by atoms with Crippen molar-refractivity contribution in [3.05, 3.63) is 65.0 Å². The summed E-state index contributed by atoms with van der Waals surface area (Å²) in [6, 6.07) is 12.3. The average molecular weight is 340 g/mol. The first-order chi connectivity index (χ1) is 12.0. The Hall–Kier alpha value is -2.69. The third-order valence-corrected chi connectivity index (χ3v) is 4.53. The molecule has 0 radical (unpaired) electrons. The average Bonchev–Trinajstić information content (AvgIpc) is 2.60. The number of amides is 2. The van der Waals surface area contributed by atoms with Crippen LogP contribution in [0, 0.1) is 5.82 Å². The predicted molar refractivity (Wildman–Crippen MR) is 94.6 cm³/mol. The Morgan fingerprint density at radius 3 is 2.72 bits per heavy atom. The first-order valence-corrected chi connectivity index (χ1v) is 8.43. The van der Waals surface area contributed by atoms with Crippen molar-refractivity contribution in [2.45, 2.75) is 32.7 Å². The van der Waals surface area contributed by atoms with Gasteiger partial charge in [0.25, 0.3) is 0 Å². The van der Waals surface area contributed by atoms with Gasteiger partial charge in [-0.3, -0.25) is 9.59 Å². The molecule has 0 saturated carbocycles. The van der Waals surface area contributed by atoms with E-state index in [4.69, 9.17) is 0 Å².